The Hall–Kier alpha value is -2.33. The van der Waals surface area contributed by atoms with E-state index in [0.29, 0.717) is 11.8 Å². The van der Waals surface area contributed by atoms with Gasteiger partial charge in [0, 0.05) is 30.6 Å². The highest BCUT2D eigenvalue weighted by Crippen LogP contribution is 2.48. The fourth-order valence-electron chi connectivity index (χ4n) is 5.80. The molecule has 2 aromatic rings. The number of amides is 1. The summed E-state index contributed by atoms with van der Waals surface area (Å²) >= 11 is 0. The Kier molecular flexibility index (Phi) is 4.43. The quantitative estimate of drug-likeness (QED) is 0.863. The Labute approximate surface area is 173 Å². The molecule has 1 heterocycles. The topological polar surface area (TPSA) is 43.8 Å². The van der Waals surface area contributed by atoms with Gasteiger partial charge in [0.2, 0.25) is 0 Å². The molecule has 5 rings (SSSR count). The van der Waals surface area contributed by atoms with Crippen molar-refractivity contribution in [3.63, 3.8) is 0 Å². The van der Waals surface area contributed by atoms with Gasteiger partial charge in [0.25, 0.3) is 5.91 Å². The van der Waals surface area contributed by atoms with E-state index >= 15 is 0 Å². The van der Waals surface area contributed by atoms with Gasteiger partial charge in [0.05, 0.1) is 6.04 Å². The summed E-state index contributed by atoms with van der Waals surface area (Å²) in [5.41, 5.74) is 3.13. The fraction of sp³-hybridized carbons (Fsp3) is 0.480. The molecule has 1 saturated carbocycles. The van der Waals surface area contributed by atoms with Crippen LogP contribution in [-0.2, 0) is 11.8 Å². The predicted molar refractivity (Wildman–Crippen MR) is 114 cm³/mol. The summed E-state index contributed by atoms with van der Waals surface area (Å²) < 4.78 is 0. The first-order valence-corrected chi connectivity index (χ1v) is 10.9. The predicted octanol–water partition coefficient (Wildman–Crippen LogP) is 3.83. The third-order valence-electron chi connectivity index (χ3n) is 7.49. The van der Waals surface area contributed by atoms with Gasteiger partial charge in [-0.3, -0.25) is 9.69 Å². The zero-order chi connectivity index (χ0) is 20.2. The number of likely N-dealkylation sites (tertiary alicyclic amines) is 1. The molecule has 1 amide bonds. The van der Waals surface area contributed by atoms with E-state index in [0.717, 1.165) is 37.4 Å². The summed E-state index contributed by atoms with van der Waals surface area (Å²) in [4.78, 5) is 18.0. The minimum absolute atomic E-state index is 0.0868. The Balaban J connectivity index is 1.56. The van der Waals surface area contributed by atoms with Crippen LogP contribution in [0.4, 0.5) is 0 Å². The van der Waals surface area contributed by atoms with Gasteiger partial charge in [-0.2, -0.15) is 0 Å². The summed E-state index contributed by atoms with van der Waals surface area (Å²) in [6, 6.07) is 15.9. The molecule has 2 fully saturated rings. The SMILES string of the molecule is CN(C(=O)c1ccccc1)[C@@H]1[C@H]2Cc3ccc(O)cc3[C@@]1(C)CCN2CC1CC1. The van der Waals surface area contributed by atoms with Gasteiger partial charge in [-0.1, -0.05) is 31.2 Å². The smallest absolute Gasteiger partial charge is 0.253 e. The molecule has 4 heteroatoms. The van der Waals surface area contributed by atoms with Gasteiger partial charge in [0.15, 0.2) is 0 Å². The average Bonchev–Trinajstić information content (AvgIpc) is 3.55. The third kappa shape index (κ3) is 3.14. The van der Waals surface area contributed by atoms with Gasteiger partial charge in [-0.05, 0) is 73.5 Å². The number of rotatable bonds is 4. The average molecular weight is 391 g/mol. The Morgan fingerprint density at radius 2 is 1.97 bits per heavy atom. The molecule has 152 valence electrons. The van der Waals surface area contributed by atoms with Crippen LogP contribution in [0, 0.1) is 5.92 Å². The second-order valence-corrected chi connectivity index (χ2v) is 9.45. The van der Waals surface area contributed by atoms with Gasteiger partial charge >= 0.3 is 0 Å². The molecule has 3 aliphatic rings. The number of phenolic OH excluding ortho intramolecular Hbond substituents is 1. The van der Waals surface area contributed by atoms with Crippen molar-refractivity contribution in [1.82, 2.24) is 9.80 Å². The first-order chi connectivity index (χ1) is 14.0. The first kappa shape index (κ1) is 18.7. The number of carbonyl (C=O) groups is 1. The molecular weight excluding hydrogens is 360 g/mol. The monoisotopic (exact) mass is 390 g/mol. The van der Waals surface area contributed by atoms with Crippen LogP contribution in [0.1, 0.15) is 47.7 Å². The Morgan fingerprint density at radius 1 is 1.21 bits per heavy atom. The van der Waals surface area contributed by atoms with Crippen LogP contribution in [0.25, 0.3) is 0 Å². The van der Waals surface area contributed by atoms with Crippen molar-refractivity contribution >= 4 is 5.91 Å². The lowest BCUT2D eigenvalue weighted by atomic mass is 9.61. The number of benzene rings is 2. The molecule has 0 unspecified atom stereocenters. The maximum absolute atomic E-state index is 13.4. The number of nitrogens with zero attached hydrogens (tertiary/aromatic N) is 2. The number of piperidine rings is 1. The molecule has 2 aromatic carbocycles. The lowest BCUT2D eigenvalue weighted by molar-refractivity contribution is -0.00728. The zero-order valence-electron chi connectivity index (χ0n) is 17.3. The minimum atomic E-state index is -0.157. The van der Waals surface area contributed by atoms with Crippen LogP contribution in [0.15, 0.2) is 48.5 Å². The molecule has 1 N–H and O–H groups in total. The number of aromatic hydroxyl groups is 1. The third-order valence-corrected chi connectivity index (χ3v) is 7.49. The van der Waals surface area contributed by atoms with E-state index < -0.39 is 0 Å². The molecule has 3 atom stereocenters. The highest BCUT2D eigenvalue weighted by molar-refractivity contribution is 5.94. The van der Waals surface area contributed by atoms with Crippen LogP contribution in [0.3, 0.4) is 0 Å². The van der Waals surface area contributed by atoms with Gasteiger partial charge < -0.3 is 10.0 Å². The van der Waals surface area contributed by atoms with Crippen LogP contribution in [-0.4, -0.2) is 53.0 Å². The standard InChI is InChI=1S/C25H30N2O2/c1-25-12-13-27(16-17-8-9-17)22(14-19-10-11-20(28)15-21(19)25)23(25)26(2)24(29)18-6-4-3-5-7-18/h3-7,10-11,15,17,22-23,28H,8-9,12-14,16H2,1-2H3/t22-,23-,25-/m1/s1. The van der Waals surface area contributed by atoms with Gasteiger partial charge in [-0.25, -0.2) is 0 Å². The van der Waals surface area contributed by atoms with Gasteiger partial charge in [-0.15, -0.1) is 0 Å². The van der Waals surface area contributed by atoms with Crippen LogP contribution in [0.5, 0.6) is 5.75 Å². The number of hydrogen-bond donors (Lipinski definition) is 1. The van der Waals surface area contributed by atoms with Crippen molar-refractivity contribution in [2.75, 3.05) is 20.1 Å². The number of hydrogen-bond acceptors (Lipinski definition) is 3. The minimum Gasteiger partial charge on any atom is -0.508 e. The molecule has 0 spiro atoms. The van der Waals surface area contributed by atoms with E-state index in [9.17, 15) is 9.90 Å². The van der Waals surface area contributed by atoms with Crippen molar-refractivity contribution in [3.8, 4) is 5.75 Å². The van der Waals surface area contributed by atoms with Crippen LogP contribution in [0.2, 0.25) is 0 Å². The van der Waals surface area contributed by atoms with E-state index in [1.807, 2.05) is 54.4 Å². The second-order valence-electron chi connectivity index (χ2n) is 9.45. The number of likely N-dealkylation sites (N-methyl/N-ethyl adjacent to an activating group) is 1. The highest BCUT2D eigenvalue weighted by Gasteiger charge is 2.53. The lowest BCUT2D eigenvalue weighted by Gasteiger charge is -2.58. The Bertz CT molecular complexity index is 924. The number of carbonyl (C=O) groups excluding carboxylic acids is 1. The molecule has 0 aromatic heterocycles. The van der Waals surface area contributed by atoms with Crippen LogP contribution < -0.4 is 0 Å². The zero-order valence-corrected chi connectivity index (χ0v) is 17.3. The summed E-state index contributed by atoms with van der Waals surface area (Å²) in [5.74, 6) is 1.24. The fourth-order valence-corrected chi connectivity index (χ4v) is 5.80. The number of fused-ring (bicyclic) bond motifs is 4. The summed E-state index contributed by atoms with van der Waals surface area (Å²) in [6.45, 7) is 4.51. The van der Waals surface area contributed by atoms with Crippen LogP contribution >= 0.6 is 0 Å². The van der Waals surface area contributed by atoms with E-state index in [2.05, 4.69) is 17.9 Å². The molecule has 0 radical (unpaired) electrons. The van der Waals surface area contributed by atoms with Crippen molar-refractivity contribution < 1.29 is 9.90 Å². The second kappa shape index (κ2) is 6.88. The van der Waals surface area contributed by atoms with Crippen molar-refractivity contribution in [2.24, 2.45) is 5.92 Å². The Morgan fingerprint density at radius 3 is 2.69 bits per heavy atom. The van der Waals surface area contributed by atoms with Gasteiger partial charge in [0.1, 0.15) is 5.75 Å². The van der Waals surface area contributed by atoms with E-state index in [-0.39, 0.29) is 17.4 Å². The van der Waals surface area contributed by atoms with E-state index in [1.54, 1.807) is 0 Å². The number of phenols is 1. The molecule has 4 nitrogen and oxygen atoms in total. The maximum atomic E-state index is 13.4. The molecule has 2 aliphatic carbocycles. The van der Waals surface area contributed by atoms with Crippen molar-refractivity contribution in [3.05, 3.63) is 65.2 Å². The molecule has 1 aliphatic heterocycles. The molecule has 2 bridgehead atoms. The molecule has 29 heavy (non-hydrogen) atoms. The summed E-state index contributed by atoms with van der Waals surface area (Å²) in [6.07, 6.45) is 4.63. The summed E-state index contributed by atoms with van der Waals surface area (Å²) in [7, 11) is 1.97. The van der Waals surface area contributed by atoms with Crippen molar-refractivity contribution in [1.29, 1.82) is 0 Å². The molecular formula is C25H30N2O2. The first-order valence-electron chi connectivity index (χ1n) is 10.9. The van der Waals surface area contributed by atoms with E-state index in [1.165, 1.54) is 24.0 Å². The lowest BCUT2D eigenvalue weighted by Crippen LogP contribution is -2.68. The normalized spacial score (nSPS) is 28.6. The summed E-state index contributed by atoms with van der Waals surface area (Å²) in [5, 5.41) is 10.2. The molecule has 1 saturated heterocycles. The largest absolute Gasteiger partial charge is 0.508 e. The maximum Gasteiger partial charge on any atom is 0.253 e. The van der Waals surface area contributed by atoms with E-state index in [4.69, 9.17) is 0 Å². The highest BCUT2D eigenvalue weighted by atomic mass is 16.3. The van der Waals surface area contributed by atoms with Crippen molar-refractivity contribution in [2.45, 2.75) is 50.1 Å².